The maximum atomic E-state index is 3.79. The highest BCUT2D eigenvalue weighted by atomic mass is 28.3. The number of rotatable bonds is 4. The monoisotopic (exact) mass is 298 g/mol. The van der Waals surface area contributed by atoms with Gasteiger partial charge in [-0.25, -0.2) is 0 Å². The zero-order valence-electron chi connectivity index (χ0n) is 14.0. The molecule has 2 nitrogen and oxygen atoms in total. The van der Waals surface area contributed by atoms with E-state index in [2.05, 4.69) is 87.2 Å². The third-order valence-electron chi connectivity index (χ3n) is 3.84. The van der Waals surface area contributed by atoms with Gasteiger partial charge in [0.1, 0.15) is 0 Å². The SMILES string of the molecule is Cc1cccc(C)c1N[Si](C)(C)Nc1c(C)cccc1C. The molecule has 0 spiro atoms. The predicted molar refractivity (Wildman–Crippen MR) is 96.6 cm³/mol. The van der Waals surface area contributed by atoms with Gasteiger partial charge in [0.2, 0.25) is 0 Å². The van der Waals surface area contributed by atoms with Gasteiger partial charge in [0.05, 0.1) is 0 Å². The Morgan fingerprint density at radius 2 is 0.905 bits per heavy atom. The molecule has 0 aliphatic heterocycles. The van der Waals surface area contributed by atoms with Crippen LogP contribution >= 0.6 is 0 Å². The zero-order valence-corrected chi connectivity index (χ0v) is 15.0. The first-order chi connectivity index (χ1) is 9.80. The second-order valence-electron chi connectivity index (χ2n) is 6.41. The van der Waals surface area contributed by atoms with Gasteiger partial charge in [-0.15, -0.1) is 0 Å². The summed E-state index contributed by atoms with van der Waals surface area (Å²) in [4.78, 5) is 7.57. The van der Waals surface area contributed by atoms with Crippen molar-refractivity contribution < 1.29 is 0 Å². The summed E-state index contributed by atoms with van der Waals surface area (Å²) in [7, 11) is -1.81. The number of benzene rings is 2. The van der Waals surface area contributed by atoms with Crippen LogP contribution in [0, 0.1) is 27.7 Å². The molecule has 0 aliphatic carbocycles. The van der Waals surface area contributed by atoms with Gasteiger partial charge in [0.15, 0.2) is 0 Å². The minimum atomic E-state index is -1.81. The fourth-order valence-electron chi connectivity index (χ4n) is 2.68. The third kappa shape index (κ3) is 3.67. The van der Waals surface area contributed by atoms with Crippen LogP contribution in [-0.4, -0.2) is 8.40 Å². The molecule has 0 aromatic heterocycles. The number of nitrogens with one attached hydrogen (secondary N) is 2. The Morgan fingerprint density at radius 1 is 0.619 bits per heavy atom. The van der Waals surface area contributed by atoms with Crippen LogP contribution in [-0.2, 0) is 0 Å². The average Bonchev–Trinajstić information content (AvgIpc) is 2.39. The molecule has 0 atom stereocenters. The summed E-state index contributed by atoms with van der Waals surface area (Å²) >= 11 is 0. The molecular weight excluding hydrogens is 272 g/mol. The van der Waals surface area contributed by atoms with Crippen LogP contribution in [0.1, 0.15) is 22.3 Å². The maximum Gasteiger partial charge on any atom is 0.252 e. The molecule has 2 N–H and O–H groups in total. The average molecular weight is 299 g/mol. The fraction of sp³-hybridized carbons (Fsp3) is 0.333. The van der Waals surface area contributed by atoms with Crippen LogP contribution in [0.15, 0.2) is 36.4 Å². The second kappa shape index (κ2) is 5.94. The molecule has 0 saturated heterocycles. The maximum absolute atomic E-state index is 3.79. The Hall–Kier alpha value is -1.74. The quantitative estimate of drug-likeness (QED) is 0.763. The molecule has 0 amide bonds. The number of hydrogen-bond donors (Lipinski definition) is 2. The van der Waals surface area contributed by atoms with Crippen LogP contribution in [0.5, 0.6) is 0 Å². The molecule has 0 heterocycles. The summed E-state index contributed by atoms with van der Waals surface area (Å²) in [5.41, 5.74) is 7.76. The third-order valence-corrected chi connectivity index (χ3v) is 5.59. The lowest BCUT2D eigenvalue weighted by atomic mass is 10.1. The highest BCUT2D eigenvalue weighted by Gasteiger charge is 2.24. The lowest BCUT2D eigenvalue weighted by molar-refractivity contribution is 1.34. The highest BCUT2D eigenvalue weighted by Crippen LogP contribution is 2.26. The van der Waals surface area contributed by atoms with E-state index >= 15 is 0 Å². The fourth-order valence-corrected chi connectivity index (χ4v) is 4.78. The highest BCUT2D eigenvalue weighted by molar-refractivity contribution is 6.83. The Kier molecular flexibility index (Phi) is 4.42. The molecule has 2 rings (SSSR count). The molecule has 2 aromatic carbocycles. The van der Waals surface area contributed by atoms with Crippen molar-refractivity contribution in [2.45, 2.75) is 40.8 Å². The van der Waals surface area contributed by atoms with Gasteiger partial charge in [0.25, 0.3) is 8.40 Å². The van der Waals surface area contributed by atoms with Gasteiger partial charge in [-0.3, -0.25) is 0 Å². The molecular formula is C18H26N2Si. The first kappa shape index (κ1) is 15.6. The standard InChI is InChI=1S/C18H26N2Si/c1-13-9-7-10-14(2)17(13)19-21(5,6)20-18-15(3)11-8-12-16(18)4/h7-12,19-20H,1-6H3. The molecule has 0 bridgehead atoms. The Bertz CT molecular complexity index is 552. The van der Waals surface area contributed by atoms with E-state index in [1.807, 2.05) is 0 Å². The molecule has 0 saturated carbocycles. The van der Waals surface area contributed by atoms with E-state index in [-0.39, 0.29) is 0 Å². The Morgan fingerprint density at radius 3 is 1.19 bits per heavy atom. The van der Waals surface area contributed by atoms with Crippen molar-refractivity contribution >= 4 is 19.8 Å². The van der Waals surface area contributed by atoms with E-state index in [0.29, 0.717) is 0 Å². The van der Waals surface area contributed by atoms with E-state index < -0.39 is 8.40 Å². The van der Waals surface area contributed by atoms with Crippen LogP contribution in [0.25, 0.3) is 0 Å². The molecule has 0 radical (unpaired) electrons. The van der Waals surface area contributed by atoms with Gasteiger partial charge in [-0.1, -0.05) is 36.4 Å². The van der Waals surface area contributed by atoms with Gasteiger partial charge in [0, 0.05) is 11.4 Å². The first-order valence-electron chi connectivity index (χ1n) is 7.49. The van der Waals surface area contributed by atoms with Crippen molar-refractivity contribution in [3.8, 4) is 0 Å². The summed E-state index contributed by atoms with van der Waals surface area (Å²) < 4.78 is 0. The minimum absolute atomic E-state index is 1.27. The molecule has 3 heteroatoms. The van der Waals surface area contributed by atoms with E-state index in [1.165, 1.54) is 33.6 Å². The van der Waals surface area contributed by atoms with Crippen molar-refractivity contribution in [1.29, 1.82) is 0 Å². The van der Waals surface area contributed by atoms with Crippen LogP contribution in [0.4, 0.5) is 11.4 Å². The van der Waals surface area contributed by atoms with E-state index in [4.69, 9.17) is 0 Å². The van der Waals surface area contributed by atoms with Gasteiger partial charge in [-0.2, -0.15) is 0 Å². The van der Waals surface area contributed by atoms with Gasteiger partial charge >= 0.3 is 0 Å². The number of aryl methyl sites for hydroxylation is 4. The van der Waals surface area contributed by atoms with Crippen molar-refractivity contribution in [2.75, 3.05) is 9.96 Å². The zero-order chi connectivity index (χ0) is 15.6. The number of para-hydroxylation sites is 2. The second-order valence-corrected chi connectivity index (χ2v) is 10.2. The van der Waals surface area contributed by atoms with E-state index in [0.717, 1.165) is 0 Å². The molecule has 112 valence electrons. The summed E-state index contributed by atoms with van der Waals surface area (Å²) in [5, 5.41) is 0. The molecule has 0 fully saturated rings. The topological polar surface area (TPSA) is 24.1 Å². The summed E-state index contributed by atoms with van der Waals surface area (Å²) in [6.07, 6.45) is 0. The lowest BCUT2D eigenvalue weighted by Crippen LogP contribution is -2.46. The van der Waals surface area contributed by atoms with Gasteiger partial charge < -0.3 is 9.96 Å². The van der Waals surface area contributed by atoms with Crippen molar-refractivity contribution in [2.24, 2.45) is 0 Å². The Balaban J connectivity index is 2.27. The summed E-state index contributed by atoms with van der Waals surface area (Å²) in [6, 6.07) is 12.9. The van der Waals surface area contributed by atoms with Crippen molar-refractivity contribution in [3.63, 3.8) is 0 Å². The van der Waals surface area contributed by atoms with E-state index in [1.54, 1.807) is 0 Å². The predicted octanol–water partition coefficient (Wildman–Crippen LogP) is 5.15. The van der Waals surface area contributed by atoms with Crippen LogP contribution in [0.2, 0.25) is 13.1 Å². The van der Waals surface area contributed by atoms with Crippen LogP contribution in [0.3, 0.4) is 0 Å². The van der Waals surface area contributed by atoms with Gasteiger partial charge in [-0.05, 0) is 63.0 Å². The normalized spacial score (nSPS) is 11.3. The van der Waals surface area contributed by atoms with Crippen molar-refractivity contribution in [3.05, 3.63) is 58.7 Å². The molecule has 2 aromatic rings. The van der Waals surface area contributed by atoms with Crippen LogP contribution < -0.4 is 9.96 Å². The van der Waals surface area contributed by atoms with E-state index in [9.17, 15) is 0 Å². The lowest BCUT2D eigenvalue weighted by Gasteiger charge is -2.30. The summed E-state index contributed by atoms with van der Waals surface area (Å²) in [5.74, 6) is 0. The molecule has 0 aliphatic rings. The first-order valence-corrected chi connectivity index (χ1v) is 10.5. The van der Waals surface area contributed by atoms with Crippen molar-refractivity contribution in [1.82, 2.24) is 0 Å². The largest absolute Gasteiger partial charge is 0.394 e. The molecule has 21 heavy (non-hydrogen) atoms. The summed E-state index contributed by atoms with van der Waals surface area (Å²) in [6.45, 7) is 13.3. The minimum Gasteiger partial charge on any atom is -0.394 e. The number of hydrogen-bond acceptors (Lipinski definition) is 2. The molecule has 0 unspecified atom stereocenters. The number of anilines is 2. The smallest absolute Gasteiger partial charge is 0.252 e. The Labute approximate surface area is 129 Å².